The molecule has 0 saturated carbocycles. The number of carbonyl (C=O) groups is 2. The lowest BCUT2D eigenvalue weighted by molar-refractivity contribution is -0.0123. The molecule has 1 atom stereocenters. The van der Waals surface area contributed by atoms with Gasteiger partial charge in [0.2, 0.25) is 0 Å². The molecule has 0 radical (unpaired) electrons. The van der Waals surface area contributed by atoms with E-state index in [0.29, 0.717) is 17.8 Å². The van der Waals surface area contributed by atoms with E-state index >= 15 is 0 Å². The molecule has 3 saturated heterocycles. The van der Waals surface area contributed by atoms with Gasteiger partial charge in [-0.15, -0.1) is 0 Å². The summed E-state index contributed by atoms with van der Waals surface area (Å²) in [5.41, 5.74) is 1.41. The Balaban J connectivity index is 1.29. The zero-order valence-corrected chi connectivity index (χ0v) is 19.1. The summed E-state index contributed by atoms with van der Waals surface area (Å²) in [6.07, 6.45) is 5.65. The number of rotatable bonds is 5. The standard InChI is InChI=1S/C23H34N4O3S/c28-21(26-10-3-1-2-4-11-26)19-5-7-20(8-6-19)25-22(29)24-17-23(9-16-31-18-23)27-12-14-30-15-13-27/h5-8H,1-4,9-18H2,(H2,24,25,29). The highest BCUT2D eigenvalue weighted by atomic mass is 32.2. The van der Waals surface area contributed by atoms with Gasteiger partial charge in [0, 0.05) is 55.3 Å². The number of amides is 3. The molecule has 0 aliphatic carbocycles. The number of anilines is 1. The topological polar surface area (TPSA) is 73.9 Å². The Bertz CT molecular complexity index is 738. The van der Waals surface area contributed by atoms with E-state index in [1.165, 1.54) is 12.8 Å². The van der Waals surface area contributed by atoms with Crippen molar-refractivity contribution >= 4 is 29.4 Å². The first-order valence-corrected chi connectivity index (χ1v) is 12.7. The van der Waals surface area contributed by atoms with Crippen LogP contribution in [-0.2, 0) is 4.74 Å². The second-order valence-electron chi connectivity index (χ2n) is 8.72. The third-order valence-corrected chi connectivity index (χ3v) is 7.86. The van der Waals surface area contributed by atoms with Crippen molar-refractivity contribution in [2.75, 3.05) is 62.8 Å². The lowest BCUT2D eigenvalue weighted by Gasteiger charge is -2.43. The summed E-state index contributed by atoms with van der Waals surface area (Å²) in [4.78, 5) is 29.7. The van der Waals surface area contributed by atoms with Crippen LogP contribution < -0.4 is 10.6 Å². The minimum atomic E-state index is -0.198. The molecule has 0 aromatic heterocycles. The van der Waals surface area contributed by atoms with Gasteiger partial charge >= 0.3 is 6.03 Å². The summed E-state index contributed by atoms with van der Waals surface area (Å²) in [6, 6.07) is 7.05. The Morgan fingerprint density at radius 2 is 1.71 bits per heavy atom. The SMILES string of the molecule is O=C(NCC1(N2CCOCC2)CCSC1)Nc1ccc(C(=O)N2CCCCCC2)cc1. The molecule has 3 heterocycles. The van der Waals surface area contributed by atoms with Crippen LogP contribution in [0.1, 0.15) is 42.5 Å². The first kappa shape index (κ1) is 22.4. The number of hydrogen-bond acceptors (Lipinski definition) is 5. The Kier molecular flexibility index (Phi) is 7.74. The lowest BCUT2D eigenvalue weighted by atomic mass is 9.95. The van der Waals surface area contributed by atoms with Gasteiger partial charge in [0.25, 0.3) is 5.91 Å². The number of nitrogens with one attached hydrogen (secondary N) is 2. The molecule has 1 aromatic carbocycles. The first-order chi connectivity index (χ1) is 15.2. The van der Waals surface area contributed by atoms with E-state index in [-0.39, 0.29) is 17.5 Å². The van der Waals surface area contributed by atoms with Crippen LogP contribution in [0.5, 0.6) is 0 Å². The summed E-state index contributed by atoms with van der Waals surface area (Å²) in [7, 11) is 0. The molecular weight excluding hydrogens is 412 g/mol. The second-order valence-corrected chi connectivity index (χ2v) is 9.82. The van der Waals surface area contributed by atoms with Gasteiger partial charge in [0.1, 0.15) is 0 Å². The van der Waals surface area contributed by atoms with Crippen LogP contribution >= 0.6 is 11.8 Å². The number of benzene rings is 1. The third-order valence-electron chi connectivity index (χ3n) is 6.63. The Hall–Kier alpha value is -1.77. The van der Waals surface area contributed by atoms with Crippen LogP contribution in [0.2, 0.25) is 0 Å². The number of thioether (sulfide) groups is 1. The molecule has 3 aliphatic rings. The minimum absolute atomic E-state index is 0.0230. The maximum atomic E-state index is 12.7. The monoisotopic (exact) mass is 446 g/mol. The highest BCUT2D eigenvalue weighted by molar-refractivity contribution is 7.99. The Morgan fingerprint density at radius 1 is 1.00 bits per heavy atom. The van der Waals surface area contributed by atoms with Crippen LogP contribution in [-0.4, -0.2) is 84.7 Å². The fraction of sp³-hybridized carbons (Fsp3) is 0.652. The van der Waals surface area contributed by atoms with Crippen LogP contribution in [0.25, 0.3) is 0 Å². The van der Waals surface area contributed by atoms with Crippen molar-refractivity contribution < 1.29 is 14.3 Å². The summed E-state index contributed by atoms with van der Waals surface area (Å²) in [5.74, 6) is 2.26. The molecule has 7 nitrogen and oxygen atoms in total. The number of morpholine rings is 1. The Labute approximate surface area is 189 Å². The van der Waals surface area contributed by atoms with Gasteiger partial charge in [-0.05, 0) is 49.3 Å². The van der Waals surface area contributed by atoms with Crippen LogP contribution in [0.15, 0.2) is 24.3 Å². The van der Waals surface area contributed by atoms with Gasteiger partial charge in [0.15, 0.2) is 0 Å². The van der Waals surface area contributed by atoms with Crippen molar-refractivity contribution in [1.29, 1.82) is 0 Å². The third kappa shape index (κ3) is 5.73. The van der Waals surface area contributed by atoms with Gasteiger partial charge < -0.3 is 20.3 Å². The number of hydrogen-bond donors (Lipinski definition) is 2. The van der Waals surface area contributed by atoms with E-state index in [0.717, 1.165) is 70.2 Å². The van der Waals surface area contributed by atoms with E-state index < -0.39 is 0 Å². The average molecular weight is 447 g/mol. The molecule has 4 rings (SSSR count). The van der Waals surface area contributed by atoms with Crippen molar-refractivity contribution in [3.05, 3.63) is 29.8 Å². The van der Waals surface area contributed by atoms with Crippen LogP contribution in [0.4, 0.5) is 10.5 Å². The molecule has 1 aromatic rings. The molecule has 31 heavy (non-hydrogen) atoms. The van der Waals surface area contributed by atoms with Gasteiger partial charge in [0.05, 0.1) is 13.2 Å². The van der Waals surface area contributed by atoms with Crippen molar-refractivity contribution in [2.45, 2.75) is 37.6 Å². The number of nitrogens with zero attached hydrogens (tertiary/aromatic N) is 2. The van der Waals surface area contributed by atoms with Gasteiger partial charge in [-0.25, -0.2) is 4.79 Å². The van der Waals surface area contributed by atoms with Gasteiger partial charge in [-0.2, -0.15) is 11.8 Å². The molecule has 3 aliphatic heterocycles. The van der Waals surface area contributed by atoms with Crippen LogP contribution in [0, 0.1) is 0 Å². The molecule has 0 spiro atoms. The average Bonchev–Trinajstić information content (AvgIpc) is 3.13. The molecule has 3 amide bonds. The molecule has 2 N–H and O–H groups in total. The fourth-order valence-corrected chi connectivity index (χ4v) is 6.18. The maximum absolute atomic E-state index is 12.7. The number of ether oxygens (including phenoxy) is 1. The van der Waals surface area contributed by atoms with Crippen molar-refractivity contribution in [1.82, 2.24) is 15.1 Å². The van der Waals surface area contributed by atoms with Gasteiger partial charge in [-0.3, -0.25) is 9.69 Å². The van der Waals surface area contributed by atoms with Gasteiger partial charge in [-0.1, -0.05) is 12.8 Å². The normalized spacial score (nSPS) is 25.1. The largest absolute Gasteiger partial charge is 0.379 e. The lowest BCUT2D eigenvalue weighted by Crippen LogP contribution is -2.59. The zero-order valence-electron chi connectivity index (χ0n) is 18.2. The predicted octanol–water partition coefficient (Wildman–Crippen LogP) is 3.03. The smallest absolute Gasteiger partial charge is 0.319 e. The number of carbonyl (C=O) groups excluding carboxylic acids is 2. The number of likely N-dealkylation sites (tertiary alicyclic amines) is 1. The molecule has 8 heteroatoms. The Morgan fingerprint density at radius 3 is 2.35 bits per heavy atom. The van der Waals surface area contributed by atoms with E-state index in [4.69, 9.17) is 4.74 Å². The summed E-state index contributed by atoms with van der Waals surface area (Å²) in [6.45, 7) is 5.70. The first-order valence-electron chi connectivity index (χ1n) is 11.5. The van der Waals surface area contributed by atoms with E-state index in [1.54, 1.807) is 0 Å². The van der Waals surface area contributed by atoms with Crippen molar-refractivity contribution in [3.63, 3.8) is 0 Å². The van der Waals surface area contributed by atoms with Crippen molar-refractivity contribution in [3.8, 4) is 0 Å². The highest BCUT2D eigenvalue weighted by Gasteiger charge is 2.40. The molecule has 1 unspecified atom stereocenters. The number of urea groups is 1. The highest BCUT2D eigenvalue weighted by Crippen LogP contribution is 2.33. The minimum Gasteiger partial charge on any atom is -0.379 e. The van der Waals surface area contributed by atoms with Crippen molar-refractivity contribution in [2.24, 2.45) is 0 Å². The van der Waals surface area contributed by atoms with Crippen LogP contribution in [0.3, 0.4) is 0 Å². The summed E-state index contributed by atoms with van der Waals surface area (Å²) in [5, 5.41) is 6.00. The summed E-state index contributed by atoms with van der Waals surface area (Å²) >= 11 is 1.96. The quantitative estimate of drug-likeness (QED) is 0.727. The van der Waals surface area contributed by atoms with E-state index in [9.17, 15) is 9.59 Å². The van der Waals surface area contributed by atoms with E-state index in [2.05, 4.69) is 15.5 Å². The maximum Gasteiger partial charge on any atom is 0.319 e. The molecule has 0 bridgehead atoms. The zero-order chi connectivity index (χ0) is 21.5. The molecule has 170 valence electrons. The fourth-order valence-electron chi connectivity index (χ4n) is 4.71. The molecule has 3 fully saturated rings. The summed E-state index contributed by atoms with van der Waals surface area (Å²) < 4.78 is 5.50. The molecular formula is C23H34N4O3S. The predicted molar refractivity (Wildman–Crippen MR) is 125 cm³/mol. The van der Waals surface area contributed by atoms with E-state index in [1.807, 2.05) is 40.9 Å². The second kappa shape index (κ2) is 10.7.